The Labute approximate surface area is 346 Å². The van der Waals surface area contributed by atoms with E-state index in [4.69, 9.17) is 18.5 Å². The number of rotatable bonds is 42. The molecule has 328 valence electrons. The van der Waals surface area contributed by atoms with Crippen molar-refractivity contribution < 1.29 is 37.3 Å². The van der Waals surface area contributed by atoms with Crippen LogP contribution in [-0.4, -0.2) is 70.7 Å². The van der Waals surface area contributed by atoms with E-state index >= 15 is 0 Å². The Morgan fingerprint density at radius 1 is 0.571 bits per heavy atom. The molecule has 0 radical (unpaired) electrons. The van der Waals surface area contributed by atoms with Crippen molar-refractivity contribution in [1.29, 1.82) is 0 Å². The van der Waals surface area contributed by atoms with E-state index in [1.807, 2.05) is 21.1 Å². The van der Waals surface area contributed by atoms with Gasteiger partial charge in [-0.25, -0.2) is 0 Å². The Bertz CT molecular complexity index is 1040. The standard InChI is InChI=1S/C47H88NO7P/c1-6-8-10-12-14-16-18-20-21-22-23-24-25-26-27-28-29-31-33-35-37-39-42-52-44-46(45-54-56(50,51)53-43-41-48(3,4)5)55-47(49)40-38-36-34-32-30-19-17-15-13-11-9-7-2/h8,10,14,16,20-21,23-24,46H,6-7,9,11-13,15,17-19,22,25-45H2,1-5H3/b10-8-,16-14-,21-20-,24-23-. The summed E-state index contributed by atoms with van der Waals surface area (Å²) in [6, 6.07) is 0. The van der Waals surface area contributed by atoms with Crippen LogP contribution in [0.2, 0.25) is 0 Å². The first-order chi connectivity index (χ1) is 27.1. The zero-order valence-electron chi connectivity index (χ0n) is 37.1. The number of quaternary nitrogens is 1. The zero-order valence-corrected chi connectivity index (χ0v) is 38.0. The van der Waals surface area contributed by atoms with Crippen LogP contribution in [0.25, 0.3) is 0 Å². The largest absolute Gasteiger partial charge is 0.756 e. The molecule has 0 N–H and O–H groups in total. The number of ether oxygens (including phenoxy) is 2. The van der Waals surface area contributed by atoms with Gasteiger partial charge in [-0.05, 0) is 51.4 Å². The smallest absolute Gasteiger partial charge is 0.306 e. The maximum Gasteiger partial charge on any atom is 0.306 e. The molecular weight excluding hydrogens is 721 g/mol. The molecule has 0 amide bonds. The first-order valence-corrected chi connectivity index (χ1v) is 24.3. The summed E-state index contributed by atoms with van der Waals surface area (Å²) in [5.41, 5.74) is 0. The summed E-state index contributed by atoms with van der Waals surface area (Å²) in [6.07, 6.45) is 48.4. The van der Waals surface area contributed by atoms with Crippen LogP contribution in [0.5, 0.6) is 0 Å². The van der Waals surface area contributed by atoms with Gasteiger partial charge in [0.25, 0.3) is 7.82 Å². The molecule has 2 unspecified atom stereocenters. The summed E-state index contributed by atoms with van der Waals surface area (Å²) < 4.78 is 34.6. The van der Waals surface area contributed by atoms with Crippen molar-refractivity contribution >= 4 is 13.8 Å². The molecule has 0 rings (SSSR count). The molecule has 8 nitrogen and oxygen atoms in total. The van der Waals surface area contributed by atoms with Crippen molar-refractivity contribution in [2.24, 2.45) is 0 Å². The lowest BCUT2D eigenvalue weighted by Crippen LogP contribution is -2.37. The molecule has 0 aromatic carbocycles. The first-order valence-electron chi connectivity index (χ1n) is 22.9. The van der Waals surface area contributed by atoms with E-state index in [2.05, 4.69) is 62.5 Å². The van der Waals surface area contributed by atoms with Crippen LogP contribution in [0, 0.1) is 0 Å². The Balaban J connectivity index is 4.16. The molecule has 0 heterocycles. The Hall–Kier alpha value is -1.54. The highest BCUT2D eigenvalue weighted by Gasteiger charge is 2.20. The van der Waals surface area contributed by atoms with Gasteiger partial charge < -0.3 is 27.9 Å². The van der Waals surface area contributed by atoms with Crippen LogP contribution < -0.4 is 4.89 Å². The van der Waals surface area contributed by atoms with Gasteiger partial charge >= 0.3 is 5.97 Å². The molecular formula is C47H88NO7P. The fraction of sp³-hybridized carbons (Fsp3) is 0.809. The molecule has 56 heavy (non-hydrogen) atoms. The topological polar surface area (TPSA) is 94.1 Å². The maximum absolute atomic E-state index is 12.7. The highest BCUT2D eigenvalue weighted by molar-refractivity contribution is 7.45. The number of nitrogens with zero attached hydrogens (tertiary/aromatic N) is 1. The fourth-order valence-corrected chi connectivity index (χ4v) is 6.85. The molecule has 0 aliphatic heterocycles. The first kappa shape index (κ1) is 54.5. The van der Waals surface area contributed by atoms with Crippen molar-refractivity contribution in [2.45, 2.75) is 193 Å². The Morgan fingerprint density at radius 2 is 1.04 bits per heavy atom. The lowest BCUT2D eigenvalue weighted by Gasteiger charge is -2.28. The van der Waals surface area contributed by atoms with Gasteiger partial charge in [0.2, 0.25) is 0 Å². The number of phosphoric ester groups is 1. The van der Waals surface area contributed by atoms with E-state index in [0.29, 0.717) is 24.1 Å². The van der Waals surface area contributed by atoms with Crippen LogP contribution in [0.3, 0.4) is 0 Å². The molecule has 0 aromatic heterocycles. The molecule has 0 fully saturated rings. The third-order valence-electron chi connectivity index (χ3n) is 9.64. The third kappa shape index (κ3) is 43.6. The average molecular weight is 810 g/mol. The molecule has 2 atom stereocenters. The van der Waals surface area contributed by atoms with Gasteiger partial charge in [0.1, 0.15) is 19.3 Å². The van der Waals surface area contributed by atoms with Gasteiger partial charge in [-0.1, -0.05) is 178 Å². The second-order valence-corrected chi connectivity index (χ2v) is 17.8. The minimum absolute atomic E-state index is 0.0247. The predicted molar refractivity (Wildman–Crippen MR) is 236 cm³/mol. The van der Waals surface area contributed by atoms with E-state index in [1.54, 1.807) is 0 Å². The number of esters is 1. The minimum Gasteiger partial charge on any atom is -0.756 e. The maximum atomic E-state index is 12.7. The normalized spacial score (nSPS) is 14.2. The molecule has 0 aromatic rings. The number of allylic oxidation sites excluding steroid dienone is 8. The summed E-state index contributed by atoms with van der Waals surface area (Å²) in [6.45, 7) is 5.29. The van der Waals surface area contributed by atoms with Gasteiger partial charge in [-0.2, -0.15) is 0 Å². The van der Waals surface area contributed by atoms with Crippen molar-refractivity contribution in [3.05, 3.63) is 48.6 Å². The molecule has 0 bridgehead atoms. The monoisotopic (exact) mass is 810 g/mol. The molecule has 0 spiro atoms. The van der Waals surface area contributed by atoms with Gasteiger partial charge in [0.15, 0.2) is 0 Å². The number of likely N-dealkylation sites (N-methyl/N-ethyl adjacent to an activating group) is 1. The van der Waals surface area contributed by atoms with E-state index in [-0.39, 0.29) is 25.8 Å². The zero-order chi connectivity index (χ0) is 41.3. The fourth-order valence-electron chi connectivity index (χ4n) is 6.13. The van der Waals surface area contributed by atoms with E-state index in [1.165, 1.54) is 109 Å². The van der Waals surface area contributed by atoms with Crippen LogP contribution >= 0.6 is 7.82 Å². The average Bonchev–Trinajstić information content (AvgIpc) is 3.15. The lowest BCUT2D eigenvalue weighted by molar-refractivity contribution is -0.870. The number of carbonyl (C=O) groups is 1. The Morgan fingerprint density at radius 3 is 1.55 bits per heavy atom. The van der Waals surface area contributed by atoms with Crippen molar-refractivity contribution in [1.82, 2.24) is 0 Å². The second kappa shape index (κ2) is 40.2. The van der Waals surface area contributed by atoms with E-state index in [9.17, 15) is 14.3 Å². The quantitative estimate of drug-likeness (QED) is 0.0199. The van der Waals surface area contributed by atoms with Crippen LogP contribution in [0.15, 0.2) is 48.6 Å². The van der Waals surface area contributed by atoms with Crippen LogP contribution in [-0.2, 0) is 27.9 Å². The molecule has 0 saturated heterocycles. The van der Waals surface area contributed by atoms with E-state index < -0.39 is 13.9 Å². The van der Waals surface area contributed by atoms with Gasteiger partial charge in [-0.3, -0.25) is 9.36 Å². The SMILES string of the molecule is CC/C=C\C/C=C\C/C=C\C/C=C\CCCCCCCCCCCOCC(COP(=O)([O-])OCC[N+](C)(C)C)OC(=O)CCCCCCCCCCCCCC. The predicted octanol–water partition coefficient (Wildman–Crippen LogP) is 12.9. The highest BCUT2D eigenvalue weighted by atomic mass is 31.2. The van der Waals surface area contributed by atoms with Gasteiger partial charge in [-0.15, -0.1) is 0 Å². The Kier molecular flexibility index (Phi) is 39.1. The summed E-state index contributed by atoms with van der Waals surface area (Å²) in [7, 11) is 1.35. The number of hydrogen-bond donors (Lipinski definition) is 0. The molecule has 0 saturated carbocycles. The summed E-state index contributed by atoms with van der Waals surface area (Å²) in [5.74, 6) is -0.337. The third-order valence-corrected chi connectivity index (χ3v) is 10.6. The highest BCUT2D eigenvalue weighted by Crippen LogP contribution is 2.38. The van der Waals surface area contributed by atoms with Crippen molar-refractivity contribution in [3.8, 4) is 0 Å². The summed E-state index contributed by atoms with van der Waals surface area (Å²) in [4.78, 5) is 25.0. The van der Waals surface area contributed by atoms with Crippen molar-refractivity contribution in [3.63, 3.8) is 0 Å². The molecule has 0 aliphatic carbocycles. The molecule has 9 heteroatoms. The van der Waals surface area contributed by atoms with Gasteiger partial charge in [0.05, 0.1) is 34.4 Å². The van der Waals surface area contributed by atoms with Crippen molar-refractivity contribution in [2.75, 3.05) is 54.1 Å². The second-order valence-electron chi connectivity index (χ2n) is 16.4. The van der Waals surface area contributed by atoms with Crippen LogP contribution in [0.4, 0.5) is 0 Å². The van der Waals surface area contributed by atoms with Crippen LogP contribution in [0.1, 0.15) is 187 Å². The number of carbonyl (C=O) groups excluding carboxylic acids is 1. The molecule has 0 aliphatic rings. The minimum atomic E-state index is -4.52. The van der Waals surface area contributed by atoms with E-state index in [0.717, 1.165) is 57.8 Å². The summed E-state index contributed by atoms with van der Waals surface area (Å²) >= 11 is 0. The number of phosphoric acid groups is 1. The number of unbranched alkanes of at least 4 members (excludes halogenated alkanes) is 20. The summed E-state index contributed by atoms with van der Waals surface area (Å²) in [5, 5.41) is 0. The number of hydrogen-bond acceptors (Lipinski definition) is 7. The lowest BCUT2D eigenvalue weighted by atomic mass is 10.0. The van der Waals surface area contributed by atoms with Gasteiger partial charge in [0, 0.05) is 13.0 Å².